The number of fused-ring (bicyclic) bond motifs is 1. The van der Waals surface area contributed by atoms with Crippen molar-refractivity contribution in [1.82, 2.24) is 25.3 Å². The molecule has 2 atom stereocenters. The summed E-state index contributed by atoms with van der Waals surface area (Å²) in [6, 6.07) is 7.10. The first-order chi connectivity index (χ1) is 15.5. The van der Waals surface area contributed by atoms with E-state index >= 15 is 0 Å². The zero-order valence-electron chi connectivity index (χ0n) is 19.1. The summed E-state index contributed by atoms with van der Waals surface area (Å²) >= 11 is 0. The highest BCUT2D eigenvalue weighted by Gasteiger charge is 2.32. The molecule has 5 rings (SSSR count). The molecule has 1 unspecified atom stereocenters. The molecule has 0 aliphatic carbocycles. The van der Waals surface area contributed by atoms with E-state index in [1.165, 1.54) is 18.5 Å². The Bertz CT molecular complexity index is 1000. The van der Waals surface area contributed by atoms with Gasteiger partial charge >= 0.3 is 0 Å². The van der Waals surface area contributed by atoms with Crippen LogP contribution in [0.1, 0.15) is 44.2 Å². The summed E-state index contributed by atoms with van der Waals surface area (Å²) in [6.07, 6.45) is 3.46. The van der Waals surface area contributed by atoms with Gasteiger partial charge in [-0.1, -0.05) is 0 Å². The second-order valence-corrected chi connectivity index (χ2v) is 9.57. The number of benzene rings is 1. The van der Waals surface area contributed by atoms with Gasteiger partial charge in [-0.25, -0.2) is 0 Å². The van der Waals surface area contributed by atoms with Crippen LogP contribution in [0.15, 0.2) is 18.2 Å². The number of anilines is 1. The van der Waals surface area contributed by atoms with Crippen LogP contribution in [0.5, 0.6) is 0 Å². The van der Waals surface area contributed by atoms with E-state index < -0.39 is 0 Å². The van der Waals surface area contributed by atoms with Crippen LogP contribution >= 0.6 is 0 Å². The molecular formula is C24H34N6O2. The van der Waals surface area contributed by atoms with Gasteiger partial charge in [-0.15, -0.1) is 0 Å². The van der Waals surface area contributed by atoms with E-state index in [1.54, 1.807) is 0 Å². The van der Waals surface area contributed by atoms with Crippen molar-refractivity contribution >= 4 is 28.4 Å². The van der Waals surface area contributed by atoms with Crippen LogP contribution in [-0.2, 0) is 16.6 Å². The van der Waals surface area contributed by atoms with Crippen molar-refractivity contribution < 1.29 is 9.59 Å². The molecule has 8 nitrogen and oxygen atoms in total. The highest BCUT2D eigenvalue weighted by atomic mass is 16.2. The first-order valence-electron chi connectivity index (χ1n) is 12.0. The molecule has 4 heterocycles. The fraction of sp³-hybridized carbons (Fsp3) is 0.625. The van der Waals surface area contributed by atoms with E-state index in [1.807, 2.05) is 11.7 Å². The number of hydrogen-bond acceptors (Lipinski definition) is 6. The largest absolute Gasteiger partial charge is 0.369 e. The molecule has 0 bridgehead atoms. The predicted octanol–water partition coefficient (Wildman–Crippen LogP) is 1.60. The van der Waals surface area contributed by atoms with E-state index in [-0.39, 0.29) is 17.7 Å². The summed E-state index contributed by atoms with van der Waals surface area (Å²) in [5, 5.41) is 11.6. The Hall–Kier alpha value is -2.45. The molecule has 0 spiro atoms. The summed E-state index contributed by atoms with van der Waals surface area (Å²) in [5.41, 5.74) is 3.02. The monoisotopic (exact) mass is 438 g/mol. The third-order valence-electron chi connectivity index (χ3n) is 7.75. The molecule has 2 N–H and O–H groups in total. The SMILES string of the molecule is C[C@@H](C1CCNCC1)N1CCN(c2ccc3c(C4CCC(=O)NC4=O)nn(C)c3c2)CC1. The number of amides is 2. The number of hydrogen-bond donors (Lipinski definition) is 2. The van der Waals surface area contributed by atoms with Crippen LogP contribution < -0.4 is 15.5 Å². The number of imide groups is 1. The zero-order chi connectivity index (χ0) is 22.2. The summed E-state index contributed by atoms with van der Waals surface area (Å²) in [6.45, 7) is 8.95. The predicted molar refractivity (Wildman–Crippen MR) is 125 cm³/mol. The van der Waals surface area contributed by atoms with Crippen LogP contribution in [-0.4, -0.2) is 71.8 Å². The Kier molecular flexibility index (Phi) is 5.90. The third-order valence-corrected chi connectivity index (χ3v) is 7.75. The van der Waals surface area contributed by atoms with E-state index in [9.17, 15) is 9.59 Å². The first kappa shape index (κ1) is 21.4. The van der Waals surface area contributed by atoms with E-state index in [0.29, 0.717) is 18.9 Å². The number of nitrogens with one attached hydrogen (secondary N) is 2. The van der Waals surface area contributed by atoms with Gasteiger partial charge in [0.05, 0.1) is 17.1 Å². The maximum absolute atomic E-state index is 12.4. The van der Waals surface area contributed by atoms with Crippen molar-refractivity contribution in [3.63, 3.8) is 0 Å². The van der Waals surface area contributed by atoms with E-state index in [0.717, 1.165) is 61.8 Å². The quantitative estimate of drug-likeness (QED) is 0.706. The number of nitrogens with zero attached hydrogens (tertiary/aromatic N) is 4. The molecule has 32 heavy (non-hydrogen) atoms. The molecule has 0 radical (unpaired) electrons. The molecule has 3 saturated heterocycles. The number of aromatic nitrogens is 2. The molecule has 0 saturated carbocycles. The van der Waals surface area contributed by atoms with Crippen molar-refractivity contribution in [2.45, 2.75) is 44.6 Å². The molecule has 8 heteroatoms. The van der Waals surface area contributed by atoms with Gasteiger partial charge in [-0.05, 0) is 63.4 Å². The molecule has 172 valence electrons. The zero-order valence-corrected chi connectivity index (χ0v) is 19.1. The average molecular weight is 439 g/mol. The van der Waals surface area contributed by atoms with Gasteiger partial charge in [-0.2, -0.15) is 5.10 Å². The summed E-state index contributed by atoms with van der Waals surface area (Å²) in [5.74, 6) is 0.0215. The smallest absolute Gasteiger partial charge is 0.235 e. The Labute approximate surface area is 189 Å². The van der Waals surface area contributed by atoms with Crippen LogP contribution in [0.2, 0.25) is 0 Å². The number of piperidine rings is 2. The van der Waals surface area contributed by atoms with Crippen LogP contribution in [0, 0.1) is 5.92 Å². The van der Waals surface area contributed by atoms with Gasteiger partial charge < -0.3 is 10.2 Å². The minimum absolute atomic E-state index is 0.192. The Balaban J connectivity index is 1.29. The minimum atomic E-state index is -0.359. The normalized spacial score (nSPS) is 24.7. The van der Waals surface area contributed by atoms with Crippen molar-refractivity contribution in [3.05, 3.63) is 23.9 Å². The van der Waals surface area contributed by atoms with Crippen molar-refractivity contribution in [2.24, 2.45) is 13.0 Å². The third kappa shape index (κ3) is 4.01. The minimum Gasteiger partial charge on any atom is -0.369 e. The molecule has 3 aliphatic rings. The Morgan fingerprint density at radius 2 is 1.81 bits per heavy atom. The molecular weight excluding hydrogens is 404 g/mol. The molecule has 1 aromatic carbocycles. The lowest BCUT2D eigenvalue weighted by Crippen LogP contribution is -2.52. The second-order valence-electron chi connectivity index (χ2n) is 9.57. The summed E-state index contributed by atoms with van der Waals surface area (Å²) in [4.78, 5) is 29.0. The lowest BCUT2D eigenvalue weighted by molar-refractivity contribution is -0.134. The van der Waals surface area contributed by atoms with Crippen molar-refractivity contribution in [3.8, 4) is 0 Å². The Morgan fingerprint density at radius 1 is 1.06 bits per heavy atom. The highest BCUT2D eigenvalue weighted by Crippen LogP contribution is 2.32. The van der Waals surface area contributed by atoms with Gasteiger partial charge in [0.2, 0.25) is 11.8 Å². The van der Waals surface area contributed by atoms with E-state index in [4.69, 9.17) is 0 Å². The van der Waals surface area contributed by atoms with Gasteiger partial charge in [0, 0.05) is 56.8 Å². The lowest BCUT2D eigenvalue weighted by Gasteiger charge is -2.42. The fourth-order valence-electron chi connectivity index (χ4n) is 5.69. The highest BCUT2D eigenvalue weighted by molar-refractivity contribution is 6.02. The van der Waals surface area contributed by atoms with Gasteiger partial charge in [0.15, 0.2) is 0 Å². The number of rotatable bonds is 4. The average Bonchev–Trinajstić information content (AvgIpc) is 3.15. The molecule has 1 aromatic heterocycles. The second kappa shape index (κ2) is 8.83. The topological polar surface area (TPSA) is 82.5 Å². The molecule has 3 fully saturated rings. The van der Waals surface area contributed by atoms with Crippen LogP contribution in [0.4, 0.5) is 5.69 Å². The van der Waals surface area contributed by atoms with Gasteiger partial charge in [-0.3, -0.25) is 24.5 Å². The standard InChI is InChI=1S/C24H34N6O2/c1-16(17-7-9-25-10-8-17)29-11-13-30(14-12-29)18-3-4-19-21(15-18)28(2)27-23(19)20-5-6-22(31)26-24(20)32/h3-4,15-17,20,25H,5-14H2,1-2H3,(H,26,31,32)/t16-,20?/m0/s1. The van der Waals surface area contributed by atoms with Crippen molar-refractivity contribution in [2.75, 3.05) is 44.2 Å². The van der Waals surface area contributed by atoms with Gasteiger partial charge in [0.25, 0.3) is 0 Å². The van der Waals surface area contributed by atoms with Crippen LogP contribution in [0.3, 0.4) is 0 Å². The maximum atomic E-state index is 12.4. The summed E-state index contributed by atoms with van der Waals surface area (Å²) in [7, 11) is 1.93. The number of piperazine rings is 1. The first-order valence-corrected chi connectivity index (χ1v) is 12.0. The lowest BCUT2D eigenvalue weighted by atomic mass is 9.90. The van der Waals surface area contributed by atoms with Gasteiger partial charge in [0.1, 0.15) is 0 Å². The maximum Gasteiger partial charge on any atom is 0.235 e. The van der Waals surface area contributed by atoms with Crippen LogP contribution in [0.25, 0.3) is 10.9 Å². The number of carbonyl (C=O) groups excluding carboxylic acids is 2. The molecule has 2 aromatic rings. The molecule has 3 aliphatic heterocycles. The fourth-order valence-corrected chi connectivity index (χ4v) is 5.69. The van der Waals surface area contributed by atoms with Crippen molar-refractivity contribution in [1.29, 1.82) is 0 Å². The number of aryl methyl sites for hydroxylation is 1. The number of carbonyl (C=O) groups is 2. The summed E-state index contributed by atoms with van der Waals surface area (Å²) < 4.78 is 1.87. The Morgan fingerprint density at radius 3 is 2.53 bits per heavy atom. The van der Waals surface area contributed by atoms with E-state index in [2.05, 4.69) is 50.7 Å². The molecule has 2 amide bonds.